The fraction of sp³-hybridized carbons (Fsp3) is 0.308. The van der Waals surface area contributed by atoms with Gasteiger partial charge in [0.25, 0.3) is 5.91 Å². The van der Waals surface area contributed by atoms with Crippen LogP contribution in [-0.4, -0.2) is 45.9 Å². The average molecular weight is 489 g/mol. The Bertz CT molecular complexity index is 1360. The number of thiazole rings is 1. The molecular weight excluding hydrogens is 460 g/mol. The monoisotopic (exact) mass is 488 g/mol. The summed E-state index contributed by atoms with van der Waals surface area (Å²) >= 11 is 1.49. The molecule has 0 atom stereocenters. The number of benzene rings is 1. The molecule has 1 aliphatic carbocycles. The van der Waals surface area contributed by atoms with Crippen LogP contribution in [0.25, 0.3) is 27.5 Å². The number of carbonyl (C=O) groups is 1. The molecule has 3 heterocycles. The van der Waals surface area contributed by atoms with Crippen molar-refractivity contribution in [3.05, 3.63) is 59.4 Å². The number of nitrogens with one attached hydrogen (secondary N) is 2. The number of rotatable bonds is 7. The number of anilines is 2. The third-order valence-electron chi connectivity index (χ3n) is 6.00. The van der Waals surface area contributed by atoms with Gasteiger partial charge in [0.15, 0.2) is 5.13 Å². The van der Waals surface area contributed by atoms with Crippen LogP contribution in [0.5, 0.6) is 0 Å². The molecule has 1 amide bonds. The molecule has 0 unspecified atom stereocenters. The van der Waals surface area contributed by atoms with Gasteiger partial charge in [-0.1, -0.05) is 29.5 Å². The Morgan fingerprint density at radius 1 is 1.20 bits per heavy atom. The smallest absolute Gasteiger partial charge is 0.252 e. The van der Waals surface area contributed by atoms with Crippen molar-refractivity contribution in [2.45, 2.75) is 33.1 Å². The topological polar surface area (TPSA) is 94.0 Å². The quantitative estimate of drug-likeness (QED) is 0.385. The number of ether oxygens (including phenoxy) is 1. The number of nitrogens with zero attached hydrogens (tertiary/aromatic N) is 4. The highest BCUT2D eigenvalue weighted by molar-refractivity contribution is 7.19. The maximum atomic E-state index is 12.1. The maximum Gasteiger partial charge on any atom is 0.252 e. The van der Waals surface area contributed by atoms with Gasteiger partial charge in [-0.3, -0.25) is 10.1 Å². The lowest BCUT2D eigenvalue weighted by atomic mass is 10.0. The summed E-state index contributed by atoms with van der Waals surface area (Å²) in [5.74, 6) is 0.637. The first-order valence-electron chi connectivity index (χ1n) is 11.8. The lowest BCUT2D eigenvalue weighted by Gasteiger charge is -2.10. The van der Waals surface area contributed by atoms with E-state index in [0.29, 0.717) is 5.13 Å². The predicted molar refractivity (Wildman–Crippen MR) is 139 cm³/mol. The maximum absolute atomic E-state index is 12.1. The zero-order chi connectivity index (χ0) is 24.4. The molecule has 8 nitrogen and oxygen atoms in total. The summed E-state index contributed by atoms with van der Waals surface area (Å²) in [6, 6.07) is 12.3. The van der Waals surface area contributed by atoms with E-state index < -0.39 is 0 Å². The lowest BCUT2D eigenvalue weighted by molar-refractivity contribution is -0.119. The SMILES string of the molecule is CCNc1ccc(-c2nn(-c3ccccc3C)c3c2CCCc2nc(NC(=O)COC)sc2-3)cn1. The number of methoxy groups -OCH3 is 1. The standard InChI is InChI=1S/C26H28N6O2S/c1-4-27-21-13-12-17(14-28-21)23-18-9-7-10-19-25(35-26(29-19)30-22(33)15-34-3)24(18)32(31-23)20-11-6-5-8-16(20)2/h5-6,8,11-14H,4,7,9-10,15H2,1-3H3,(H,27,28)(H,29,30,33). The number of carbonyl (C=O) groups excluding carboxylic acids is 1. The van der Waals surface area contributed by atoms with E-state index in [0.717, 1.165) is 70.4 Å². The second kappa shape index (κ2) is 9.97. The number of amides is 1. The van der Waals surface area contributed by atoms with Crippen molar-refractivity contribution in [1.29, 1.82) is 0 Å². The third kappa shape index (κ3) is 4.56. The van der Waals surface area contributed by atoms with Crippen molar-refractivity contribution in [2.24, 2.45) is 0 Å². The minimum absolute atomic E-state index is 0.00330. The summed E-state index contributed by atoms with van der Waals surface area (Å²) < 4.78 is 7.00. The minimum atomic E-state index is -0.211. The summed E-state index contributed by atoms with van der Waals surface area (Å²) in [6.07, 6.45) is 4.56. The van der Waals surface area contributed by atoms with Crippen molar-refractivity contribution in [1.82, 2.24) is 19.7 Å². The van der Waals surface area contributed by atoms with Gasteiger partial charge >= 0.3 is 0 Å². The molecule has 1 aliphatic rings. The van der Waals surface area contributed by atoms with Crippen LogP contribution in [0, 0.1) is 6.92 Å². The van der Waals surface area contributed by atoms with Gasteiger partial charge < -0.3 is 10.1 Å². The van der Waals surface area contributed by atoms with E-state index in [-0.39, 0.29) is 12.5 Å². The van der Waals surface area contributed by atoms with E-state index in [4.69, 9.17) is 14.8 Å². The zero-order valence-corrected chi connectivity index (χ0v) is 20.9. The van der Waals surface area contributed by atoms with Crippen LogP contribution in [0.1, 0.15) is 30.2 Å². The van der Waals surface area contributed by atoms with Crippen LogP contribution in [-0.2, 0) is 22.4 Å². The summed E-state index contributed by atoms with van der Waals surface area (Å²) in [7, 11) is 1.50. The Morgan fingerprint density at radius 3 is 2.80 bits per heavy atom. The van der Waals surface area contributed by atoms with Crippen molar-refractivity contribution >= 4 is 28.2 Å². The summed E-state index contributed by atoms with van der Waals surface area (Å²) in [4.78, 5) is 22.5. The molecule has 0 bridgehead atoms. The van der Waals surface area contributed by atoms with Gasteiger partial charge in [-0.05, 0) is 56.9 Å². The van der Waals surface area contributed by atoms with Crippen molar-refractivity contribution < 1.29 is 9.53 Å². The number of hydrogen-bond donors (Lipinski definition) is 2. The number of pyridine rings is 1. The highest BCUT2D eigenvalue weighted by Crippen LogP contribution is 2.43. The number of fused-ring (bicyclic) bond motifs is 3. The van der Waals surface area contributed by atoms with Crippen LogP contribution in [0.3, 0.4) is 0 Å². The van der Waals surface area contributed by atoms with Crippen LogP contribution >= 0.6 is 11.3 Å². The fourth-order valence-corrected chi connectivity index (χ4v) is 5.51. The Kier molecular flexibility index (Phi) is 6.61. The number of hydrogen-bond acceptors (Lipinski definition) is 7. The Hall–Kier alpha value is -3.56. The average Bonchev–Trinajstić information content (AvgIpc) is 3.36. The number of para-hydroxylation sites is 1. The summed E-state index contributed by atoms with van der Waals surface area (Å²) in [6.45, 7) is 4.96. The van der Waals surface area contributed by atoms with E-state index in [1.807, 2.05) is 29.1 Å². The van der Waals surface area contributed by atoms with Crippen molar-refractivity contribution in [3.63, 3.8) is 0 Å². The van der Waals surface area contributed by atoms with Gasteiger partial charge in [-0.15, -0.1) is 0 Å². The molecule has 0 fully saturated rings. The molecule has 5 rings (SSSR count). The first-order chi connectivity index (χ1) is 17.1. The molecule has 4 aromatic rings. The highest BCUT2D eigenvalue weighted by atomic mass is 32.1. The van der Waals surface area contributed by atoms with Gasteiger partial charge in [0.05, 0.1) is 27.6 Å². The molecule has 0 saturated heterocycles. The second-order valence-electron chi connectivity index (χ2n) is 8.47. The van der Waals surface area contributed by atoms with Crippen LogP contribution in [0.2, 0.25) is 0 Å². The first kappa shape index (κ1) is 23.2. The summed E-state index contributed by atoms with van der Waals surface area (Å²) in [5, 5.41) is 11.8. The molecule has 0 radical (unpaired) electrons. The number of aromatic nitrogens is 4. The van der Waals surface area contributed by atoms with Crippen LogP contribution < -0.4 is 10.6 Å². The number of aryl methyl sites for hydroxylation is 2. The van der Waals surface area contributed by atoms with E-state index >= 15 is 0 Å². The van der Waals surface area contributed by atoms with Gasteiger partial charge in [-0.2, -0.15) is 5.10 Å². The molecule has 3 aromatic heterocycles. The van der Waals surface area contributed by atoms with Crippen molar-refractivity contribution in [3.8, 4) is 27.5 Å². The van der Waals surface area contributed by atoms with E-state index in [9.17, 15) is 4.79 Å². The second-order valence-corrected chi connectivity index (χ2v) is 9.47. The molecule has 0 spiro atoms. The van der Waals surface area contributed by atoms with Gasteiger partial charge in [0.2, 0.25) is 0 Å². The summed E-state index contributed by atoms with van der Waals surface area (Å²) in [5.41, 5.74) is 7.29. The molecular formula is C26H28N6O2S. The van der Waals surface area contributed by atoms with E-state index in [1.165, 1.54) is 24.0 Å². The normalized spacial score (nSPS) is 12.5. The first-order valence-corrected chi connectivity index (χ1v) is 12.6. The molecule has 0 saturated carbocycles. The Labute approximate surface area is 208 Å². The molecule has 0 aliphatic heterocycles. The van der Waals surface area contributed by atoms with Crippen molar-refractivity contribution in [2.75, 3.05) is 30.9 Å². The molecule has 2 N–H and O–H groups in total. The molecule has 9 heteroatoms. The molecule has 1 aromatic carbocycles. The molecule has 180 valence electrons. The van der Waals surface area contributed by atoms with Crippen LogP contribution in [0.4, 0.5) is 10.9 Å². The van der Waals surface area contributed by atoms with E-state index in [1.54, 1.807) is 0 Å². The van der Waals surface area contributed by atoms with Gasteiger partial charge in [-0.25, -0.2) is 14.6 Å². The third-order valence-corrected chi connectivity index (χ3v) is 7.02. The Balaban J connectivity index is 1.67. The van der Waals surface area contributed by atoms with Gasteiger partial charge in [0, 0.05) is 31.0 Å². The van der Waals surface area contributed by atoms with Crippen LogP contribution in [0.15, 0.2) is 42.6 Å². The largest absolute Gasteiger partial charge is 0.375 e. The molecule has 35 heavy (non-hydrogen) atoms. The minimum Gasteiger partial charge on any atom is -0.375 e. The Morgan fingerprint density at radius 2 is 2.06 bits per heavy atom. The highest BCUT2D eigenvalue weighted by Gasteiger charge is 2.29. The predicted octanol–water partition coefficient (Wildman–Crippen LogP) is 4.87. The fourth-order valence-electron chi connectivity index (χ4n) is 4.43. The lowest BCUT2D eigenvalue weighted by Crippen LogP contribution is -2.16. The zero-order valence-electron chi connectivity index (χ0n) is 20.1. The van der Waals surface area contributed by atoms with Gasteiger partial charge in [0.1, 0.15) is 12.4 Å². The van der Waals surface area contributed by atoms with E-state index in [2.05, 4.69) is 47.7 Å².